The highest BCUT2D eigenvalue weighted by Gasteiger charge is 1.87. The van der Waals surface area contributed by atoms with Crippen LogP contribution in [0.5, 0.6) is 0 Å². The maximum absolute atomic E-state index is 3.70. The van der Waals surface area contributed by atoms with E-state index in [2.05, 4.69) is 20.7 Å². The fraction of sp³-hybridized carbons (Fsp3) is 1.00. The zero-order valence-corrected chi connectivity index (χ0v) is 4.62. The summed E-state index contributed by atoms with van der Waals surface area (Å²) in [4.78, 5) is 0. The van der Waals surface area contributed by atoms with E-state index in [1.54, 1.807) is 0 Å². The Bertz CT molecular complexity index is 92.6. The van der Waals surface area contributed by atoms with E-state index in [1.807, 2.05) is 0 Å². The molecule has 4 nitrogen and oxygen atoms in total. The molecule has 1 rings (SSSR count). The van der Waals surface area contributed by atoms with Gasteiger partial charge in [-0.15, -0.1) is 0 Å². The second-order valence-corrected chi connectivity index (χ2v) is 1.62. The summed E-state index contributed by atoms with van der Waals surface area (Å²) < 4.78 is 0. The molecule has 0 amide bonds. The lowest BCUT2D eigenvalue weighted by molar-refractivity contribution is 0.664. The first kappa shape index (κ1) is 5.34. The first-order chi connectivity index (χ1) is 4.00. The highest BCUT2D eigenvalue weighted by Crippen LogP contribution is 1.95. The van der Waals surface area contributed by atoms with Crippen molar-refractivity contribution in [2.75, 3.05) is 13.1 Å². The molecule has 0 saturated heterocycles. The lowest BCUT2D eigenvalue weighted by Crippen LogP contribution is -1.85. The van der Waals surface area contributed by atoms with E-state index in [4.69, 9.17) is 0 Å². The molecule has 1 aliphatic rings. The Kier molecular flexibility index (Phi) is 2.16. The van der Waals surface area contributed by atoms with Crippen LogP contribution in [0.3, 0.4) is 0 Å². The molecule has 0 fully saturated rings. The molecule has 0 aromatic rings. The molecule has 0 atom stereocenters. The molecule has 0 aromatic carbocycles. The van der Waals surface area contributed by atoms with Crippen molar-refractivity contribution in [2.45, 2.75) is 12.8 Å². The lowest BCUT2D eigenvalue weighted by Gasteiger charge is -1.91. The van der Waals surface area contributed by atoms with Crippen LogP contribution in [0.25, 0.3) is 0 Å². The monoisotopic (exact) mass is 112 g/mol. The maximum Gasteiger partial charge on any atom is 0.0622 e. The Hall–Kier alpha value is -0.800. The molecule has 0 aliphatic carbocycles. The number of hydrogen-bond donors (Lipinski definition) is 0. The van der Waals surface area contributed by atoms with Crippen LogP contribution in [-0.2, 0) is 0 Å². The first-order valence-corrected chi connectivity index (χ1v) is 2.73. The summed E-state index contributed by atoms with van der Waals surface area (Å²) in [5.41, 5.74) is 0. The Morgan fingerprint density at radius 1 is 0.750 bits per heavy atom. The predicted octanol–water partition coefficient (Wildman–Crippen LogP) is 1.60. The lowest BCUT2D eigenvalue weighted by atomic mass is 10.3. The summed E-state index contributed by atoms with van der Waals surface area (Å²) in [6, 6.07) is 0. The van der Waals surface area contributed by atoms with Gasteiger partial charge in [0.1, 0.15) is 0 Å². The molecule has 0 aromatic heterocycles. The van der Waals surface area contributed by atoms with Crippen LogP contribution in [0, 0.1) is 0 Å². The fourth-order valence-corrected chi connectivity index (χ4v) is 0.511. The van der Waals surface area contributed by atoms with Crippen molar-refractivity contribution < 1.29 is 0 Å². The summed E-state index contributed by atoms with van der Waals surface area (Å²) in [6.45, 7) is 1.61. The Morgan fingerprint density at radius 3 is 1.75 bits per heavy atom. The minimum absolute atomic E-state index is 0.805. The van der Waals surface area contributed by atoms with Crippen molar-refractivity contribution >= 4 is 0 Å². The van der Waals surface area contributed by atoms with Crippen LogP contribution in [-0.4, -0.2) is 13.1 Å². The van der Waals surface area contributed by atoms with Gasteiger partial charge in [-0.1, -0.05) is 0 Å². The summed E-state index contributed by atoms with van der Waals surface area (Å²) in [6.07, 6.45) is 2.17. The van der Waals surface area contributed by atoms with Gasteiger partial charge >= 0.3 is 0 Å². The van der Waals surface area contributed by atoms with E-state index in [9.17, 15) is 0 Å². The fourth-order valence-electron chi connectivity index (χ4n) is 0.511. The minimum Gasteiger partial charge on any atom is -0.167 e. The van der Waals surface area contributed by atoms with Crippen molar-refractivity contribution in [2.24, 2.45) is 20.7 Å². The quantitative estimate of drug-likeness (QED) is 0.457. The van der Waals surface area contributed by atoms with Gasteiger partial charge in [0.05, 0.1) is 13.1 Å². The van der Waals surface area contributed by atoms with Crippen LogP contribution in [0.15, 0.2) is 20.7 Å². The zero-order valence-electron chi connectivity index (χ0n) is 4.62. The number of rotatable bonds is 0. The molecular formula is C4H8N4. The summed E-state index contributed by atoms with van der Waals surface area (Å²) in [5, 5.41) is 14.2. The van der Waals surface area contributed by atoms with E-state index < -0.39 is 0 Å². The summed E-state index contributed by atoms with van der Waals surface area (Å²) >= 11 is 0. The van der Waals surface area contributed by atoms with Crippen molar-refractivity contribution in [1.29, 1.82) is 0 Å². The second kappa shape index (κ2) is 3.23. The molecule has 44 valence electrons. The Labute approximate surface area is 47.7 Å². The minimum atomic E-state index is 0.805. The average molecular weight is 112 g/mol. The van der Waals surface area contributed by atoms with E-state index in [0.717, 1.165) is 25.9 Å². The molecule has 0 N–H and O–H groups in total. The van der Waals surface area contributed by atoms with Crippen molar-refractivity contribution in [1.82, 2.24) is 0 Å². The molecule has 0 bridgehead atoms. The van der Waals surface area contributed by atoms with Crippen molar-refractivity contribution in [3.63, 3.8) is 0 Å². The van der Waals surface area contributed by atoms with E-state index in [0.29, 0.717) is 0 Å². The molecule has 8 heavy (non-hydrogen) atoms. The number of nitrogens with zero attached hydrogens (tertiary/aromatic N) is 4. The largest absolute Gasteiger partial charge is 0.167 e. The average Bonchev–Trinajstić information content (AvgIpc) is 1.62. The van der Waals surface area contributed by atoms with Crippen molar-refractivity contribution in [3.8, 4) is 0 Å². The van der Waals surface area contributed by atoms with Gasteiger partial charge in [0.15, 0.2) is 0 Å². The zero-order chi connectivity index (χ0) is 5.66. The third-order valence-electron chi connectivity index (χ3n) is 0.933. The van der Waals surface area contributed by atoms with Gasteiger partial charge in [-0.2, -0.15) is 10.2 Å². The van der Waals surface area contributed by atoms with Crippen LogP contribution in [0.4, 0.5) is 0 Å². The SMILES string of the molecule is C1CCN=NN=NC1. The highest BCUT2D eigenvalue weighted by atomic mass is 15.5. The summed E-state index contributed by atoms with van der Waals surface area (Å²) in [7, 11) is 0. The van der Waals surface area contributed by atoms with Gasteiger partial charge in [-0.3, -0.25) is 0 Å². The molecule has 4 heteroatoms. The third kappa shape index (κ3) is 1.77. The molecule has 0 saturated carbocycles. The van der Waals surface area contributed by atoms with Gasteiger partial charge in [0.2, 0.25) is 0 Å². The van der Waals surface area contributed by atoms with E-state index >= 15 is 0 Å². The summed E-state index contributed by atoms with van der Waals surface area (Å²) in [5.74, 6) is 0. The molecule has 0 spiro atoms. The third-order valence-corrected chi connectivity index (χ3v) is 0.933. The molecular weight excluding hydrogens is 104 g/mol. The number of hydrogen-bond acceptors (Lipinski definition) is 4. The molecule has 1 aliphatic heterocycles. The van der Waals surface area contributed by atoms with Gasteiger partial charge < -0.3 is 0 Å². The van der Waals surface area contributed by atoms with Gasteiger partial charge in [0.25, 0.3) is 0 Å². The van der Waals surface area contributed by atoms with E-state index in [1.165, 1.54) is 0 Å². The van der Waals surface area contributed by atoms with Gasteiger partial charge in [-0.05, 0) is 23.3 Å². The van der Waals surface area contributed by atoms with Crippen LogP contribution in [0.1, 0.15) is 12.8 Å². The Morgan fingerprint density at radius 2 is 1.25 bits per heavy atom. The Balaban J connectivity index is 2.33. The maximum atomic E-state index is 3.70. The van der Waals surface area contributed by atoms with Crippen molar-refractivity contribution in [3.05, 3.63) is 0 Å². The van der Waals surface area contributed by atoms with Crippen LogP contribution >= 0.6 is 0 Å². The van der Waals surface area contributed by atoms with E-state index in [-0.39, 0.29) is 0 Å². The highest BCUT2D eigenvalue weighted by molar-refractivity contribution is 4.46. The standard InChI is InChI=1S/C4H8N4/c1-2-4-6-8-7-5-3-1/h1-4H2. The molecule has 1 heterocycles. The van der Waals surface area contributed by atoms with Crippen LogP contribution in [0.2, 0.25) is 0 Å². The topological polar surface area (TPSA) is 49.4 Å². The predicted molar refractivity (Wildman–Crippen MR) is 28.7 cm³/mol. The first-order valence-electron chi connectivity index (χ1n) is 2.73. The van der Waals surface area contributed by atoms with Gasteiger partial charge in [-0.25, -0.2) is 0 Å². The second-order valence-electron chi connectivity index (χ2n) is 1.62. The molecule has 0 unspecified atom stereocenters. The normalized spacial score (nSPS) is 20.0. The van der Waals surface area contributed by atoms with Crippen LogP contribution < -0.4 is 0 Å². The van der Waals surface area contributed by atoms with Gasteiger partial charge in [0, 0.05) is 0 Å². The smallest absolute Gasteiger partial charge is 0.0622 e. The molecule has 0 radical (unpaired) electrons.